The van der Waals surface area contributed by atoms with Gasteiger partial charge < -0.3 is 0 Å². The number of fused-ring (bicyclic) bond motifs is 4. The van der Waals surface area contributed by atoms with Crippen LogP contribution in [0.25, 0.3) is 44.1 Å². The molecule has 1 aliphatic rings. The lowest BCUT2D eigenvalue weighted by atomic mass is 9.76. The lowest BCUT2D eigenvalue weighted by Crippen LogP contribution is -2.31. The predicted molar refractivity (Wildman–Crippen MR) is 181 cm³/mol. The molecule has 8 rings (SSSR count). The summed E-state index contributed by atoms with van der Waals surface area (Å²) in [6.45, 7) is 2.31. The van der Waals surface area contributed by atoms with E-state index in [2.05, 4.69) is 163 Å². The number of hydrogen-bond acceptors (Lipinski definition) is 1. The van der Waals surface area contributed by atoms with Crippen LogP contribution in [0.1, 0.15) is 30.4 Å². The van der Waals surface area contributed by atoms with E-state index >= 15 is 0 Å². The van der Waals surface area contributed by atoms with Gasteiger partial charge in [0.25, 0.3) is 0 Å². The molecule has 0 saturated carbocycles. The highest BCUT2D eigenvalue weighted by Gasteiger charge is 2.35. The van der Waals surface area contributed by atoms with Gasteiger partial charge in [-0.2, -0.15) is 0 Å². The minimum Gasteiger partial charge on any atom is -0.297 e. The fourth-order valence-corrected chi connectivity index (χ4v) is 7.01. The Labute approximate surface area is 252 Å². The molecule has 206 valence electrons. The van der Waals surface area contributed by atoms with Crippen LogP contribution in [-0.2, 0) is 0 Å². The summed E-state index contributed by atoms with van der Waals surface area (Å²) in [6, 6.07) is 54.9. The first-order chi connectivity index (χ1) is 21.3. The second-order valence-corrected chi connectivity index (χ2v) is 11.5. The van der Waals surface area contributed by atoms with E-state index in [0.29, 0.717) is 0 Å². The third kappa shape index (κ3) is 4.30. The molecule has 2 atom stereocenters. The van der Waals surface area contributed by atoms with Crippen LogP contribution in [0.4, 0.5) is 5.69 Å². The molecule has 0 bridgehead atoms. The predicted octanol–water partition coefficient (Wildman–Crippen LogP) is 10.9. The molecule has 1 aromatic heterocycles. The summed E-state index contributed by atoms with van der Waals surface area (Å²) in [4.78, 5) is 5.46. The molecule has 2 heterocycles. The molecule has 0 fully saturated rings. The summed E-state index contributed by atoms with van der Waals surface area (Å²) >= 11 is 0. The van der Waals surface area contributed by atoms with Gasteiger partial charge in [0.05, 0.1) is 16.7 Å². The maximum absolute atomic E-state index is 5.46. The molecule has 2 heteroatoms. The molecule has 0 saturated heterocycles. The first-order valence-electron chi connectivity index (χ1n) is 15.2. The largest absolute Gasteiger partial charge is 0.297 e. The molecule has 2 unspecified atom stereocenters. The SMILES string of the molecule is CCC1C(n2c3ccccc3c3ccc(-c4ccccc4)cc32)=Nc2ccccc2C1c1ccc(-c2ccccc2)cc1. The first kappa shape index (κ1) is 25.5. The van der Waals surface area contributed by atoms with Gasteiger partial charge in [0.1, 0.15) is 5.84 Å². The van der Waals surface area contributed by atoms with Gasteiger partial charge in [-0.15, -0.1) is 0 Å². The Hall–Kier alpha value is -5.21. The monoisotopic (exact) mass is 552 g/mol. The van der Waals surface area contributed by atoms with Crippen molar-refractivity contribution < 1.29 is 0 Å². The van der Waals surface area contributed by atoms with Gasteiger partial charge in [-0.25, -0.2) is 4.99 Å². The maximum atomic E-state index is 5.46. The smallest absolute Gasteiger partial charge is 0.118 e. The van der Waals surface area contributed by atoms with Gasteiger partial charge in [-0.05, 0) is 58.0 Å². The van der Waals surface area contributed by atoms with E-state index in [1.807, 2.05) is 0 Å². The Bertz CT molecular complexity index is 2100. The van der Waals surface area contributed by atoms with E-state index in [9.17, 15) is 0 Å². The van der Waals surface area contributed by atoms with Crippen molar-refractivity contribution in [3.8, 4) is 22.3 Å². The topological polar surface area (TPSA) is 17.3 Å². The second-order valence-electron chi connectivity index (χ2n) is 11.5. The van der Waals surface area contributed by atoms with Crippen molar-refractivity contribution in [3.63, 3.8) is 0 Å². The van der Waals surface area contributed by atoms with E-state index in [1.54, 1.807) is 0 Å². The Kier molecular flexibility index (Phi) is 6.26. The zero-order valence-electron chi connectivity index (χ0n) is 24.2. The van der Waals surface area contributed by atoms with Crippen molar-refractivity contribution in [2.45, 2.75) is 19.3 Å². The number of para-hydroxylation sites is 2. The maximum Gasteiger partial charge on any atom is 0.118 e. The van der Waals surface area contributed by atoms with Crippen molar-refractivity contribution in [3.05, 3.63) is 163 Å². The molecule has 2 nitrogen and oxygen atoms in total. The zero-order valence-corrected chi connectivity index (χ0v) is 24.2. The van der Waals surface area contributed by atoms with Crippen LogP contribution in [0.15, 0.2) is 157 Å². The fourth-order valence-electron chi connectivity index (χ4n) is 7.01. The van der Waals surface area contributed by atoms with E-state index in [4.69, 9.17) is 4.99 Å². The Morgan fingerprint density at radius 3 is 1.86 bits per heavy atom. The van der Waals surface area contributed by atoms with Crippen LogP contribution in [0.2, 0.25) is 0 Å². The fraction of sp³-hybridized carbons (Fsp3) is 0.0976. The van der Waals surface area contributed by atoms with Gasteiger partial charge in [0.2, 0.25) is 0 Å². The third-order valence-electron chi connectivity index (χ3n) is 9.07. The molecule has 0 aliphatic carbocycles. The van der Waals surface area contributed by atoms with Crippen molar-refractivity contribution >= 4 is 33.3 Å². The summed E-state index contributed by atoms with van der Waals surface area (Å²) < 4.78 is 2.45. The summed E-state index contributed by atoms with van der Waals surface area (Å²) in [5.41, 5.74) is 11.0. The molecule has 0 N–H and O–H groups in total. The number of aliphatic imine (C=N–C) groups is 1. The molecule has 0 amide bonds. The van der Waals surface area contributed by atoms with E-state index in [-0.39, 0.29) is 11.8 Å². The second kappa shape index (κ2) is 10.6. The van der Waals surface area contributed by atoms with E-state index in [1.165, 1.54) is 55.2 Å². The van der Waals surface area contributed by atoms with Gasteiger partial charge in [0.15, 0.2) is 0 Å². The van der Waals surface area contributed by atoms with Gasteiger partial charge >= 0.3 is 0 Å². The van der Waals surface area contributed by atoms with Gasteiger partial charge in [0, 0.05) is 22.6 Å². The Morgan fingerprint density at radius 1 is 0.535 bits per heavy atom. The number of rotatable bonds is 4. The molecule has 43 heavy (non-hydrogen) atoms. The van der Waals surface area contributed by atoms with Crippen molar-refractivity contribution in [2.24, 2.45) is 10.9 Å². The third-order valence-corrected chi connectivity index (χ3v) is 9.07. The molecular formula is C41H32N2. The lowest BCUT2D eigenvalue weighted by Gasteiger charge is -2.34. The number of aromatic nitrogens is 1. The Morgan fingerprint density at radius 2 is 1.12 bits per heavy atom. The normalized spacial score (nSPS) is 16.3. The van der Waals surface area contributed by atoms with Crippen LogP contribution < -0.4 is 0 Å². The standard InChI is InChI=1S/C41H32N2/c1-2-33-40(31-23-21-30(22-24-31)28-13-5-3-6-14-28)36-18-9-11-19-37(36)42-41(33)43-38-20-12-10-17-34(38)35-26-25-32(27-39(35)43)29-15-7-4-8-16-29/h3-27,33,40H,2H2,1H3. The van der Waals surface area contributed by atoms with E-state index in [0.717, 1.165) is 17.9 Å². The summed E-state index contributed by atoms with van der Waals surface area (Å²) in [5.74, 6) is 1.53. The molecule has 1 aliphatic heterocycles. The molecule has 6 aromatic carbocycles. The highest BCUT2D eigenvalue weighted by molar-refractivity contribution is 6.16. The average molecular weight is 553 g/mol. The highest BCUT2D eigenvalue weighted by Crippen LogP contribution is 2.46. The van der Waals surface area contributed by atoms with Crippen LogP contribution >= 0.6 is 0 Å². The summed E-state index contributed by atoms with van der Waals surface area (Å²) in [6.07, 6.45) is 0.977. The molecule has 0 radical (unpaired) electrons. The van der Waals surface area contributed by atoms with Crippen LogP contribution in [0, 0.1) is 5.92 Å². The average Bonchev–Trinajstić information content (AvgIpc) is 3.42. The quantitative estimate of drug-likeness (QED) is 0.207. The van der Waals surface area contributed by atoms with Crippen molar-refractivity contribution in [1.82, 2.24) is 4.57 Å². The highest BCUT2D eigenvalue weighted by atomic mass is 15.1. The molecule has 7 aromatic rings. The van der Waals surface area contributed by atoms with Crippen molar-refractivity contribution in [1.29, 1.82) is 0 Å². The molecular weight excluding hydrogens is 520 g/mol. The zero-order chi connectivity index (χ0) is 28.8. The summed E-state index contributed by atoms with van der Waals surface area (Å²) in [5, 5.41) is 2.52. The van der Waals surface area contributed by atoms with Crippen LogP contribution in [0.3, 0.4) is 0 Å². The number of benzene rings is 6. The minimum atomic E-state index is 0.201. The van der Waals surface area contributed by atoms with Crippen LogP contribution in [-0.4, -0.2) is 10.4 Å². The number of nitrogens with zero attached hydrogens (tertiary/aromatic N) is 2. The molecule has 0 spiro atoms. The van der Waals surface area contributed by atoms with Crippen LogP contribution in [0.5, 0.6) is 0 Å². The summed E-state index contributed by atoms with van der Waals surface area (Å²) in [7, 11) is 0. The first-order valence-corrected chi connectivity index (χ1v) is 15.2. The van der Waals surface area contributed by atoms with E-state index < -0.39 is 0 Å². The number of hydrogen-bond donors (Lipinski definition) is 0. The Balaban J connectivity index is 1.34. The van der Waals surface area contributed by atoms with Crippen molar-refractivity contribution in [2.75, 3.05) is 0 Å². The minimum absolute atomic E-state index is 0.201. The van der Waals surface area contributed by atoms with Gasteiger partial charge in [-0.1, -0.05) is 140 Å². The van der Waals surface area contributed by atoms with Gasteiger partial charge in [-0.3, -0.25) is 4.57 Å². The lowest BCUT2D eigenvalue weighted by molar-refractivity contribution is 0.565.